The topological polar surface area (TPSA) is 73.0 Å². The average Bonchev–Trinajstić information content (AvgIpc) is 3.06. The third-order valence-corrected chi connectivity index (χ3v) is 6.17. The van der Waals surface area contributed by atoms with Gasteiger partial charge in [-0.05, 0) is 42.7 Å². The fraction of sp³-hybridized carbons (Fsp3) is 0.370. The van der Waals surface area contributed by atoms with Crippen molar-refractivity contribution in [3.8, 4) is 5.75 Å². The number of hydrogen-bond acceptors (Lipinski definition) is 5. The second-order valence-electron chi connectivity index (χ2n) is 8.45. The molecule has 0 bridgehead atoms. The number of hydrogen-bond donors (Lipinski definition) is 1. The van der Waals surface area contributed by atoms with Crippen molar-refractivity contribution in [2.75, 3.05) is 40.1 Å². The van der Waals surface area contributed by atoms with E-state index in [1.807, 2.05) is 42.5 Å². The summed E-state index contributed by atoms with van der Waals surface area (Å²) >= 11 is 6.43. The number of alkyl halides is 1. The van der Waals surface area contributed by atoms with Crippen molar-refractivity contribution >= 4 is 29.8 Å². The number of benzene rings is 1. The molecule has 1 amide bonds. The van der Waals surface area contributed by atoms with Gasteiger partial charge in [0.2, 0.25) is 0 Å². The molecule has 2 aliphatic rings. The molecule has 2 unspecified atom stereocenters. The monoisotopic (exact) mass is 498 g/mol. The van der Waals surface area contributed by atoms with Gasteiger partial charge in [-0.2, -0.15) is 0 Å². The zero-order valence-electron chi connectivity index (χ0n) is 20.1. The Balaban J connectivity index is 1.61. The quantitative estimate of drug-likeness (QED) is 0.326. The molecule has 1 aliphatic heterocycles. The summed E-state index contributed by atoms with van der Waals surface area (Å²) in [4.78, 5) is 18.3. The Hall–Kier alpha value is -3.00. The van der Waals surface area contributed by atoms with E-state index in [0.717, 1.165) is 27.6 Å². The molecule has 0 radical (unpaired) electrons. The van der Waals surface area contributed by atoms with E-state index in [-0.39, 0.29) is 11.4 Å². The number of nitrogens with zero attached hydrogens (tertiary/aromatic N) is 1. The minimum absolute atomic E-state index is 0.188. The molecule has 2 heterocycles. The van der Waals surface area contributed by atoms with Gasteiger partial charge < -0.3 is 23.9 Å². The number of carbonyl (C=O) groups excluding carboxylic acids is 1. The number of H-pyrrole nitrogens is 1. The van der Waals surface area contributed by atoms with Gasteiger partial charge in [0.1, 0.15) is 18.4 Å². The molecule has 4 rings (SSSR count). The fourth-order valence-corrected chi connectivity index (χ4v) is 4.58. The first-order valence-electron chi connectivity index (χ1n) is 11.7. The van der Waals surface area contributed by atoms with Gasteiger partial charge in [-0.1, -0.05) is 36.9 Å². The van der Waals surface area contributed by atoms with Crippen LogP contribution in [-0.4, -0.2) is 61.4 Å². The van der Waals surface area contributed by atoms with Crippen LogP contribution in [0.15, 0.2) is 48.8 Å². The molecule has 0 fully saturated rings. The van der Waals surface area contributed by atoms with Crippen molar-refractivity contribution in [1.29, 1.82) is 0 Å². The highest BCUT2D eigenvalue weighted by Crippen LogP contribution is 2.34. The van der Waals surface area contributed by atoms with Crippen LogP contribution < -0.4 is 15.3 Å². The molecular weight excluding hydrogens is 468 g/mol. The lowest BCUT2D eigenvalue weighted by Gasteiger charge is -2.35. The Kier molecular flexibility index (Phi) is 8.33. The Labute approximate surface area is 210 Å². The van der Waals surface area contributed by atoms with E-state index >= 15 is 0 Å². The molecule has 1 aromatic carbocycles. The lowest BCUT2D eigenvalue weighted by molar-refractivity contribution is 0.0544. The van der Waals surface area contributed by atoms with Crippen molar-refractivity contribution in [2.45, 2.75) is 24.8 Å². The molecule has 2 atom stereocenters. The van der Waals surface area contributed by atoms with E-state index in [4.69, 9.17) is 30.5 Å². The van der Waals surface area contributed by atoms with Gasteiger partial charge in [-0.15, -0.1) is 11.6 Å². The van der Waals surface area contributed by atoms with Gasteiger partial charge in [0.15, 0.2) is 0 Å². The molecule has 1 N–H and O–H groups in total. The van der Waals surface area contributed by atoms with Crippen LogP contribution in [0.4, 0.5) is 4.79 Å². The molecule has 1 aliphatic carbocycles. The summed E-state index contributed by atoms with van der Waals surface area (Å²) in [5.41, 5.74) is 3.08. The number of fused-ring (bicyclic) bond motifs is 3. The number of halogens is 1. The van der Waals surface area contributed by atoms with Gasteiger partial charge in [-0.25, -0.2) is 4.79 Å². The average molecular weight is 499 g/mol. The Bertz CT molecular complexity index is 1200. The Morgan fingerprint density at radius 2 is 1.97 bits per heavy atom. The molecule has 7 nitrogen and oxygen atoms in total. The van der Waals surface area contributed by atoms with E-state index in [2.05, 4.69) is 17.6 Å². The lowest BCUT2D eigenvalue weighted by Crippen LogP contribution is -2.41. The first-order chi connectivity index (χ1) is 17.0. The predicted octanol–water partition coefficient (Wildman–Crippen LogP) is 3.41. The molecule has 2 aromatic rings. The van der Waals surface area contributed by atoms with E-state index in [9.17, 15) is 4.79 Å². The van der Waals surface area contributed by atoms with Crippen LogP contribution in [0.25, 0.3) is 12.2 Å². The number of rotatable bonds is 9. The normalized spacial score (nSPS) is 18.5. The number of ether oxygens (including phenoxy) is 4. The molecule has 35 heavy (non-hydrogen) atoms. The standard InChI is InChI=1S/C27H31ClN2O5/c1-18(2)35-27(31)30-12-11-22-23-17-20(28)5-4-6-24(23)29-25(22)26(30)19-7-9-21(10-8-19)34-16-15-33-14-13-32-3/h4-10,17,20,26,29H,1,11-16H2,2-3H3. The Morgan fingerprint density at radius 3 is 2.71 bits per heavy atom. The molecule has 0 saturated carbocycles. The number of aromatic amines is 1. The van der Waals surface area contributed by atoms with Crippen LogP contribution in [-0.2, 0) is 20.6 Å². The van der Waals surface area contributed by atoms with E-state index < -0.39 is 6.09 Å². The van der Waals surface area contributed by atoms with Crippen LogP contribution in [0.1, 0.15) is 29.8 Å². The molecule has 0 saturated heterocycles. The van der Waals surface area contributed by atoms with Crippen molar-refractivity contribution in [3.05, 3.63) is 76.1 Å². The molecule has 8 heteroatoms. The molecule has 1 aromatic heterocycles. The number of aromatic nitrogens is 1. The summed E-state index contributed by atoms with van der Waals surface area (Å²) in [6, 6.07) is 7.43. The van der Waals surface area contributed by atoms with E-state index in [1.54, 1.807) is 18.9 Å². The third kappa shape index (κ3) is 5.99. The second kappa shape index (κ2) is 11.6. The predicted molar refractivity (Wildman–Crippen MR) is 136 cm³/mol. The van der Waals surface area contributed by atoms with Crippen molar-refractivity contribution in [3.63, 3.8) is 0 Å². The zero-order chi connectivity index (χ0) is 24.8. The number of methoxy groups -OCH3 is 1. The first kappa shape index (κ1) is 25.1. The van der Waals surface area contributed by atoms with Crippen molar-refractivity contribution in [1.82, 2.24) is 9.88 Å². The van der Waals surface area contributed by atoms with E-state index in [1.165, 1.54) is 5.56 Å². The highest BCUT2D eigenvalue weighted by atomic mass is 35.5. The Morgan fingerprint density at radius 1 is 1.20 bits per heavy atom. The summed E-state index contributed by atoms with van der Waals surface area (Å²) in [6.45, 7) is 7.92. The van der Waals surface area contributed by atoms with Crippen LogP contribution in [0.2, 0.25) is 0 Å². The van der Waals surface area contributed by atoms with Gasteiger partial charge >= 0.3 is 6.09 Å². The highest BCUT2D eigenvalue weighted by Gasteiger charge is 2.35. The van der Waals surface area contributed by atoms with Crippen LogP contribution >= 0.6 is 11.6 Å². The number of nitrogens with one attached hydrogen (secondary N) is 1. The third-order valence-electron chi connectivity index (χ3n) is 5.90. The largest absolute Gasteiger partial charge is 0.491 e. The zero-order valence-corrected chi connectivity index (χ0v) is 20.8. The maximum Gasteiger partial charge on any atom is 0.415 e. The van der Waals surface area contributed by atoms with Crippen molar-refractivity contribution in [2.24, 2.45) is 0 Å². The number of carbonyl (C=O) groups is 1. The minimum atomic E-state index is -0.422. The van der Waals surface area contributed by atoms with Gasteiger partial charge in [0.25, 0.3) is 0 Å². The summed E-state index contributed by atoms with van der Waals surface area (Å²) in [5.74, 6) is 1.09. The van der Waals surface area contributed by atoms with E-state index in [0.29, 0.717) is 45.2 Å². The second-order valence-corrected chi connectivity index (χ2v) is 8.95. The maximum absolute atomic E-state index is 13.0. The van der Waals surface area contributed by atoms with Crippen molar-refractivity contribution < 1.29 is 23.7 Å². The summed E-state index contributed by atoms with van der Waals surface area (Å²) in [5, 5.41) is 1.89. The summed E-state index contributed by atoms with van der Waals surface area (Å²) < 4.78 is 21.6. The highest BCUT2D eigenvalue weighted by molar-refractivity contribution is 6.25. The summed E-state index contributed by atoms with van der Waals surface area (Å²) in [7, 11) is 1.64. The van der Waals surface area contributed by atoms with Gasteiger partial charge in [0, 0.05) is 29.9 Å². The molecule has 186 valence electrons. The van der Waals surface area contributed by atoms with Gasteiger partial charge in [-0.3, -0.25) is 4.90 Å². The number of amides is 1. The van der Waals surface area contributed by atoms with Gasteiger partial charge in [0.05, 0.1) is 31.0 Å². The summed E-state index contributed by atoms with van der Waals surface area (Å²) in [6.07, 6.45) is 8.24. The lowest BCUT2D eigenvalue weighted by atomic mass is 9.93. The van der Waals surface area contributed by atoms with Crippen LogP contribution in [0, 0.1) is 0 Å². The first-order valence-corrected chi connectivity index (χ1v) is 12.1. The number of allylic oxidation sites excluding steroid dienone is 3. The smallest absolute Gasteiger partial charge is 0.415 e. The molecule has 0 spiro atoms. The fourth-order valence-electron chi connectivity index (χ4n) is 4.37. The molecular formula is C27H31ClN2O5. The minimum Gasteiger partial charge on any atom is -0.491 e. The van der Waals surface area contributed by atoms with Crippen LogP contribution in [0.3, 0.4) is 0 Å². The SMILES string of the molecule is C=C(C)OC(=O)N1CCc2c([nH]c3c2=CC(Cl)C=CC=3)C1c1ccc(OCCOCCOC)cc1. The maximum atomic E-state index is 13.0. The van der Waals surface area contributed by atoms with Crippen LogP contribution in [0.5, 0.6) is 5.75 Å².